The van der Waals surface area contributed by atoms with Crippen molar-refractivity contribution in [3.63, 3.8) is 0 Å². The molecule has 10 nitrogen and oxygen atoms in total. The van der Waals surface area contributed by atoms with Crippen molar-refractivity contribution in [3.05, 3.63) is 56.2 Å². The molecule has 0 radical (unpaired) electrons. The smallest absolute Gasteiger partial charge is 0.332 e. The lowest BCUT2D eigenvalue weighted by atomic mass is 10.2. The highest BCUT2D eigenvalue weighted by atomic mass is 32.2. The number of rotatable bonds is 5. The van der Waals surface area contributed by atoms with Crippen LogP contribution in [-0.2, 0) is 35.4 Å². The third-order valence-corrected chi connectivity index (χ3v) is 6.78. The third kappa shape index (κ3) is 3.82. The first-order valence-electron chi connectivity index (χ1n) is 8.89. The average Bonchev–Trinajstić information content (AvgIpc) is 2.74. The summed E-state index contributed by atoms with van der Waals surface area (Å²) >= 11 is 0. The molecule has 0 unspecified atom stereocenters. The van der Waals surface area contributed by atoms with Gasteiger partial charge in [0.1, 0.15) is 11.9 Å². The van der Waals surface area contributed by atoms with Gasteiger partial charge in [-0.3, -0.25) is 13.9 Å². The highest BCUT2D eigenvalue weighted by Gasteiger charge is 2.28. The van der Waals surface area contributed by atoms with Crippen molar-refractivity contribution < 1.29 is 13.2 Å². The second-order valence-electron chi connectivity index (χ2n) is 6.52. The fraction of sp³-hybridized carbons (Fsp3) is 0.389. The highest BCUT2D eigenvalue weighted by Crippen LogP contribution is 2.22. The highest BCUT2D eigenvalue weighted by molar-refractivity contribution is 7.89. The molecule has 2 heterocycles. The molecule has 3 rings (SSSR count). The molecule has 1 N–H and O–H groups in total. The molecular formula is C18H21N5O5S. The second-order valence-corrected chi connectivity index (χ2v) is 8.43. The second kappa shape index (κ2) is 8.20. The van der Waals surface area contributed by atoms with Crippen LogP contribution in [-0.4, -0.2) is 48.2 Å². The molecule has 0 atom stereocenters. The van der Waals surface area contributed by atoms with Gasteiger partial charge < -0.3 is 10.1 Å². The Labute approximate surface area is 167 Å². The molecule has 0 aliphatic carbocycles. The lowest BCUT2D eigenvalue weighted by Gasteiger charge is -2.27. The standard InChI is InChI=1S/C18H21N5O5S/c1-21-16(14(11-19)17(24)22(2)18(21)25)20-12-13-5-3-4-6-15(13)29(26,27)23-7-9-28-10-8-23/h3-6,20H,7-10,12H2,1-2H3. The predicted octanol–water partition coefficient (Wildman–Crippen LogP) is -0.411. The van der Waals surface area contributed by atoms with Crippen LogP contribution in [0.5, 0.6) is 0 Å². The van der Waals surface area contributed by atoms with Gasteiger partial charge in [0.15, 0.2) is 5.56 Å². The minimum atomic E-state index is -3.73. The van der Waals surface area contributed by atoms with Gasteiger partial charge in [-0.15, -0.1) is 0 Å². The number of ether oxygens (including phenoxy) is 1. The minimum absolute atomic E-state index is 0.00880. The van der Waals surface area contributed by atoms with Crippen LogP contribution in [0.1, 0.15) is 11.1 Å². The van der Waals surface area contributed by atoms with Crippen molar-refractivity contribution in [1.82, 2.24) is 13.4 Å². The lowest BCUT2D eigenvalue weighted by Crippen LogP contribution is -2.41. The van der Waals surface area contributed by atoms with Crippen LogP contribution in [0, 0.1) is 11.3 Å². The number of hydrogen-bond acceptors (Lipinski definition) is 7. The summed E-state index contributed by atoms with van der Waals surface area (Å²) in [6.45, 7) is 1.22. The maximum atomic E-state index is 13.0. The van der Waals surface area contributed by atoms with E-state index in [4.69, 9.17) is 4.74 Å². The van der Waals surface area contributed by atoms with Crippen molar-refractivity contribution in [2.45, 2.75) is 11.4 Å². The van der Waals surface area contributed by atoms with Gasteiger partial charge in [-0.05, 0) is 11.6 Å². The van der Waals surface area contributed by atoms with Gasteiger partial charge in [-0.2, -0.15) is 9.57 Å². The molecule has 1 fully saturated rings. The van der Waals surface area contributed by atoms with Crippen LogP contribution in [0.2, 0.25) is 0 Å². The summed E-state index contributed by atoms with van der Waals surface area (Å²) in [6.07, 6.45) is 0. The molecule has 1 aromatic carbocycles. The van der Waals surface area contributed by atoms with Crippen LogP contribution >= 0.6 is 0 Å². The number of sulfonamides is 1. The van der Waals surface area contributed by atoms with Crippen molar-refractivity contribution in [2.75, 3.05) is 31.6 Å². The first kappa shape index (κ1) is 20.8. The van der Waals surface area contributed by atoms with Gasteiger partial charge in [0.05, 0.1) is 18.1 Å². The first-order chi connectivity index (χ1) is 13.8. The Morgan fingerprint density at radius 1 is 1.14 bits per heavy atom. The van der Waals surface area contributed by atoms with Gasteiger partial charge in [-0.25, -0.2) is 13.2 Å². The predicted molar refractivity (Wildman–Crippen MR) is 105 cm³/mol. The Bertz CT molecular complexity index is 1190. The summed E-state index contributed by atoms with van der Waals surface area (Å²) in [4.78, 5) is 24.5. The molecule has 1 aromatic heterocycles. The number of anilines is 1. The number of hydrogen-bond donors (Lipinski definition) is 1. The van der Waals surface area contributed by atoms with Gasteiger partial charge in [0, 0.05) is 33.7 Å². The molecule has 0 amide bonds. The van der Waals surface area contributed by atoms with Gasteiger partial charge in [-0.1, -0.05) is 18.2 Å². The van der Waals surface area contributed by atoms with E-state index in [2.05, 4.69) is 5.32 Å². The van der Waals surface area contributed by atoms with E-state index in [1.54, 1.807) is 18.2 Å². The normalized spacial score (nSPS) is 15.1. The van der Waals surface area contributed by atoms with Gasteiger partial charge >= 0.3 is 5.69 Å². The zero-order valence-corrected chi connectivity index (χ0v) is 16.9. The van der Waals surface area contributed by atoms with E-state index in [-0.39, 0.29) is 35.9 Å². The molecule has 154 valence electrons. The van der Waals surface area contributed by atoms with E-state index in [0.29, 0.717) is 18.8 Å². The van der Waals surface area contributed by atoms with Crippen LogP contribution < -0.4 is 16.6 Å². The van der Waals surface area contributed by atoms with Gasteiger partial charge in [0.25, 0.3) is 5.56 Å². The molecule has 1 saturated heterocycles. The molecular weight excluding hydrogens is 398 g/mol. The Balaban J connectivity index is 1.98. The molecule has 0 bridgehead atoms. The summed E-state index contributed by atoms with van der Waals surface area (Å²) in [6, 6.07) is 8.29. The molecule has 1 aliphatic rings. The Kier molecular flexibility index (Phi) is 5.88. The zero-order chi connectivity index (χ0) is 21.2. The van der Waals surface area contributed by atoms with Crippen LogP contribution in [0.15, 0.2) is 38.8 Å². The van der Waals surface area contributed by atoms with Gasteiger partial charge in [0.2, 0.25) is 10.0 Å². The number of nitrogens with one attached hydrogen (secondary N) is 1. The number of nitrogens with zero attached hydrogens (tertiary/aromatic N) is 4. The summed E-state index contributed by atoms with van der Waals surface area (Å²) in [5, 5.41) is 12.2. The van der Waals surface area contributed by atoms with E-state index in [1.165, 1.54) is 24.5 Å². The molecule has 0 saturated carbocycles. The van der Waals surface area contributed by atoms with E-state index in [0.717, 1.165) is 9.13 Å². The Hall–Kier alpha value is -2.94. The lowest BCUT2D eigenvalue weighted by molar-refractivity contribution is 0.0730. The summed E-state index contributed by atoms with van der Waals surface area (Å²) < 4.78 is 34.7. The SMILES string of the molecule is Cn1c(NCc2ccccc2S(=O)(=O)N2CCOCC2)c(C#N)c(=O)n(C)c1=O. The van der Waals surface area contributed by atoms with E-state index in [9.17, 15) is 23.3 Å². The maximum absolute atomic E-state index is 13.0. The Morgan fingerprint density at radius 2 is 1.79 bits per heavy atom. The van der Waals surface area contributed by atoms with Crippen molar-refractivity contribution in [2.24, 2.45) is 14.1 Å². The number of aromatic nitrogens is 2. The van der Waals surface area contributed by atoms with Crippen LogP contribution in [0.3, 0.4) is 0 Å². The maximum Gasteiger partial charge on any atom is 0.332 e. The van der Waals surface area contributed by atoms with Crippen molar-refractivity contribution >= 4 is 15.8 Å². The number of morpholine rings is 1. The number of nitriles is 1. The molecule has 11 heteroatoms. The van der Waals surface area contributed by atoms with Crippen LogP contribution in [0.25, 0.3) is 0 Å². The quantitative estimate of drug-likeness (QED) is 0.698. The summed E-state index contributed by atoms with van der Waals surface area (Å²) in [7, 11) is -1.01. The molecule has 2 aromatic rings. The van der Waals surface area contributed by atoms with Crippen molar-refractivity contribution in [3.8, 4) is 6.07 Å². The minimum Gasteiger partial charge on any atom is -0.379 e. The first-order valence-corrected chi connectivity index (χ1v) is 10.3. The fourth-order valence-corrected chi connectivity index (χ4v) is 4.79. The summed E-state index contributed by atoms with van der Waals surface area (Å²) in [5.41, 5.74) is -1.07. The zero-order valence-electron chi connectivity index (χ0n) is 16.1. The molecule has 0 spiro atoms. The monoisotopic (exact) mass is 419 g/mol. The van der Waals surface area contributed by atoms with E-state index >= 15 is 0 Å². The third-order valence-electron chi connectivity index (χ3n) is 4.78. The largest absolute Gasteiger partial charge is 0.379 e. The van der Waals surface area contributed by atoms with Crippen molar-refractivity contribution in [1.29, 1.82) is 5.26 Å². The topological polar surface area (TPSA) is 126 Å². The fourth-order valence-electron chi connectivity index (χ4n) is 3.16. The number of benzene rings is 1. The van der Waals surface area contributed by atoms with Crippen LogP contribution in [0.4, 0.5) is 5.82 Å². The van der Waals surface area contributed by atoms with E-state index < -0.39 is 21.3 Å². The average molecular weight is 419 g/mol. The summed E-state index contributed by atoms with van der Waals surface area (Å²) in [5.74, 6) is 0.0409. The Morgan fingerprint density at radius 3 is 2.45 bits per heavy atom. The molecule has 1 aliphatic heterocycles. The van der Waals surface area contributed by atoms with E-state index in [1.807, 2.05) is 6.07 Å². The molecule has 29 heavy (non-hydrogen) atoms.